The Hall–Kier alpha value is -5.72. The maximum Gasteiger partial charge on any atom is 0.0159 e. The van der Waals surface area contributed by atoms with E-state index in [-0.39, 0.29) is 5.41 Å². The average molecular weight is 599 g/mol. The molecule has 8 aromatic carbocycles. The molecular formula is C47H34. The highest BCUT2D eigenvalue weighted by Crippen LogP contribution is 2.50. The first-order valence-electron chi connectivity index (χ1n) is 16.5. The first-order chi connectivity index (χ1) is 23.0. The van der Waals surface area contributed by atoms with Gasteiger partial charge in [0.1, 0.15) is 0 Å². The van der Waals surface area contributed by atoms with Gasteiger partial charge in [0.2, 0.25) is 0 Å². The van der Waals surface area contributed by atoms with E-state index >= 15 is 0 Å². The summed E-state index contributed by atoms with van der Waals surface area (Å²) in [6.45, 7) is 4.75. The first kappa shape index (κ1) is 27.6. The summed E-state index contributed by atoms with van der Waals surface area (Å²) >= 11 is 0. The molecule has 8 aromatic rings. The van der Waals surface area contributed by atoms with Crippen LogP contribution in [0.2, 0.25) is 0 Å². The third-order valence-electron chi connectivity index (χ3n) is 10.2. The van der Waals surface area contributed by atoms with E-state index in [9.17, 15) is 0 Å². The molecule has 0 saturated heterocycles. The number of rotatable bonds is 4. The van der Waals surface area contributed by atoms with Crippen LogP contribution in [0.5, 0.6) is 0 Å². The lowest BCUT2D eigenvalue weighted by Gasteiger charge is -2.23. The van der Waals surface area contributed by atoms with Crippen LogP contribution >= 0.6 is 0 Å². The molecule has 0 unspecified atom stereocenters. The Morgan fingerprint density at radius 2 is 0.660 bits per heavy atom. The molecular weight excluding hydrogens is 565 g/mol. The molecule has 0 aliphatic heterocycles. The van der Waals surface area contributed by atoms with E-state index in [4.69, 9.17) is 0 Å². The maximum absolute atomic E-state index is 2.43. The van der Waals surface area contributed by atoms with E-state index in [1.165, 1.54) is 88.3 Å². The monoisotopic (exact) mass is 598 g/mol. The second-order valence-electron chi connectivity index (χ2n) is 13.4. The highest BCUT2D eigenvalue weighted by molar-refractivity contribution is 5.94. The topological polar surface area (TPSA) is 0 Å². The maximum atomic E-state index is 2.43. The van der Waals surface area contributed by atoms with E-state index in [1.54, 1.807) is 0 Å². The van der Waals surface area contributed by atoms with E-state index in [0.29, 0.717) is 0 Å². The van der Waals surface area contributed by atoms with Crippen LogP contribution < -0.4 is 0 Å². The van der Waals surface area contributed by atoms with Crippen LogP contribution in [0.4, 0.5) is 0 Å². The van der Waals surface area contributed by atoms with E-state index in [1.807, 2.05) is 0 Å². The van der Waals surface area contributed by atoms with Gasteiger partial charge in [-0.3, -0.25) is 0 Å². The second kappa shape index (κ2) is 10.7. The minimum Gasteiger partial charge on any atom is -0.0622 e. The Kier molecular flexibility index (Phi) is 6.27. The zero-order valence-corrected chi connectivity index (χ0v) is 26.7. The lowest BCUT2D eigenvalue weighted by Crippen LogP contribution is -2.15. The quantitative estimate of drug-likeness (QED) is 0.189. The van der Waals surface area contributed by atoms with Crippen molar-refractivity contribution in [2.75, 3.05) is 0 Å². The number of benzene rings is 8. The van der Waals surface area contributed by atoms with Crippen LogP contribution in [0.25, 0.3) is 77.2 Å². The first-order valence-corrected chi connectivity index (χ1v) is 16.5. The van der Waals surface area contributed by atoms with Gasteiger partial charge in [-0.25, -0.2) is 0 Å². The second-order valence-corrected chi connectivity index (χ2v) is 13.4. The Morgan fingerprint density at radius 3 is 1.23 bits per heavy atom. The Morgan fingerprint density at radius 1 is 0.277 bits per heavy atom. The van der Waals surface area contributed by atoms with Gasteiger partial charge in [0.05, 0.1) is 0 Å². The van der Waals surface area contributed by atoms with Crippen molar-refractivity contribution in [1.29, 1.82) is 0 Å². The third-order valence-corrected chi connectivity index (χ3v) is 10.2. The molecule has 222 valence electrons. The van der Waals surface area contributed by atoms with Crippen molar-refractivity contribution in [3.63, 3.8) is 0 Å². The van der Waals surface area contributed by atoms with Crippen LogP contribution in [0.1, 0.15) is 25.0 Å². The molecule has 0 spiro atoms. The molecule has 0 heterocycles. The Balaban J connectivity index is 1.04. The summed E-state index contributed by atoms with van der Waals surface area (Å²) in [5.74, 6) is 0. The minimum atomic E-state index is -0.0979. The molecule has 1 aliphatic carbocycles. The molecule has 0 amide bonds. The van der Waals surface area contributed by atoms with Crippen molar-refractivity contribution < 1.29 is 0 Å². The molecule has 0 atom stereocenters. The molecule has 9 rings (SSSR count). The van der Waals surface area contributed by atoms with Gasteiger partial charge in [0, 0.05) is 5.41 Å². The molecule has 0 aromatic heterocycles. The van der Waals surface area contributed by atoms with Crippen molar-refractivity contribution >= 4 is 21.5 Å². The molecule has 0 saturated carbocycles. The van der Waals surface area contributed by atoms with Crippen LogP contribution in [0, 0.1) is 0 Å². The van der Waals surface area contributed by atoms with Gasteiger partial charge in [-0.1, -0.05) is 147 Å². The summed E-state index contributed by atoms with van der Waals surface area (Å²) < 4.78 is 0. The van der Waals surface area contributed by atoms with Crippen molar-refractivity contribution in [3.05, 3.63) is 181 Å². The average Bonchev–Trinajstić information content (AvgIpc) is 3.36. The summed E-state index contributed by atoms with van der Waals surface area (Å²) in [6.07, 6.45) is 0. The summed E-state index contributed by atoms with van der Waals surface area (Å²) in [5.41, 5.74) is 15.4. The number of hydrogen-bond donors (Lipinski definition) is 0. The van der Waals surface area contributed by atoms with Gasteiger partial charge in [-0.2, -0.15) is 0 Å². The predicted molar refractivity (Wildman–Crippen MR) is 201 cm³/mol. The zero-order valence-electron chi connectivity index (χ0n) is 26.7. The summed E-state index contributed by atoms with van der Waals surface area (Å²) in [4.78, 5) is 0. The van der Waals surface area contributed by atoms with Crippen molar-refractivity contribution in [3.8, 4) is 55.6 Å². The van der Waals surface area contributed by atoms with Gasteiger partial charge in [0.15, 0.2) is 0 Å². The third kappa shape index (κ3) is 4.68. The van der Waals surface area contributed by atoms with E-state index in [0.717, 1.165) is 0 Å². The Bertz CT molecular complexity index is 2480. The SMILES string of the molecule is CC1(C)c2cc(-c3cccc(-c4ccccc4)c3)ccc2-c2ccc(-c3ccc4cc(-c5ccc6ccccc6c5)ccc4c3)cc21. The van der Waals surface area contributed by atoms with Crippen LogP contribution in [0.15, 0.2) is 170 Å². The van der Waals surface area contributed by atoms with Crippen LogP contribution in [0.3, 0.4) is 0 Å². The van der Waals surface area contributed by atoms with Gasteiger partial charge in [0.25, 0.3) is 0 Å². The fourth-order valence-electron chi connectivity index (χ4n) is 7.58. The lowest BCUT2D eigenvalue weighted by atomic mass is 9.80. The highest BCUT2D eigenvalue weighted by Gasteiger charge is 2.35. The molecule has 0 bridgehead atoms. The standard InChI is InChI=1S/C47H34/c1-47(2)45-29-41(35-14-8-13-34(25-35)31-9-4-3-5-10-31)21-23-43(45)44-24-22-42(30-46(44)47)40-20-19-38-27-37(17-18-39(38)28-40)36-16-15-32-11-6-7-12-33(32)26-36/h3-30H,1-2H3. The predicted octanol–water partition coefficient (Wildman–Crippen LogP) is 13.0. The molecule has 0 radical (unpaired) electrons. The van der Waals surface area contributed by atoms with Gasteiger partial charge < -0.3 is 0 Å². The molecule has 47 heavy (non-hydrogen) atoms. The highest BCUT2D eigenvalue weighted by atomic mass is 14.4. The van der Waals surface area contributed by atoms with Gasteiger partial charge in [-0.05, 0) is 125 Å². The number of hydrogen-bond acceptors (Lipinski definition) is 0. The van der Waals surface area contributed by atoms with Crippen LogP contribution in [-0.4, -0.2) is 0 Å². The van der Waals surface area contributed by atoms with Gasteiger partial charge >= 0.3 is 0 Å². The molecule has 0 N–H and O–H groups in total. The van der Waals surface area contributed by atoms with Gasteiger partial charge in [-0.15, -0.1) is 0 Å². The molecule has 0 nitrogen and oxygen atoms in total. The molecule has 0 fully saturated rings. The fourth-order valence-corrected chi connectivity index (χ4v) is 7.58. The Labute approximate surface area is 276 Å². The number of fused-ring (bicyclic) bond motifs is 5. The van der Waals surface area contributed by atoms with Crippen molar-refractivity contribution in [2.45, 2.75) is 19.3 Å². The zero-order chi connectivity index (χ0) is 31.5. The summed E-state index contributed by atoms with van der Waals surface area (Å²) in [5, 5.41) is 5.07. The molecule has 1 aliphatic rings. The smallest absolute Gasteiger partial charge is 0.0159 e. The molecule has 0 heteroatoms. The fraction of sp³-hybridized carbons (Fsp3) is 0.0638. The lowest BCUT2D eigenvalue weighted by molar-refractivity contribution is 0.661. The largest absolute Gasteiger partial charge is 0.0622 e. The van der Waals surface area contributed by atoms with Crippen molar-refractivity contribution in [1.82, 2.24) is 0 Å². The van der Waals surface area contributed by atoms with Crippen LogP contribution in [-0.2, 0) is 5.41 Å². The minimum absolute atomic E-state index is 0.0979. The summed E-state index contributed by atoms with van der Waals surface area (Å²) in [6, 6.07) is 62.7. The normalized spacial score (nSPS) is 13.1. The summed E-state index contributed by atoms with van der Waals surface area (Å²) in [7, 11) is 0. The van der Waals surface area contributed by atoms with E-state index in [2.05, 4.69) is 184 Å². The van der Waals surface area contributed by atoms with Crippen molar-refractivity contribution in [2.24, 2.45) is 0 Å². The van der Waals surface area contributed by atoms with E-state index < -0.39 is 0 Å².